The van der Waals surface area contributed by atoms with E-state index in [0.29, 0.717) is 11.8 Å². The van der Waals surface area contributed by atoms with Crippen molar-refractivity contribution < 1.29 is 5.11 Å². The van der Waals surface area contributed by atoms with Crippen LogP contribution in [0.5, 0.6) is 0 Å². The van der Waals surface area contributed by atoms with Crippen molar-refractivity contribution in [1.82, 2.24) is 4.98 Å². The van der Waals surface area contributed by atoms with Crippen LogP contribution in [0.2, 0.25) is 5.02 Å². The molecular formula is C17H19ClN2O. The highest BCUT2D eigenvalue weighted by Crippen LogP contribution is 2.40. The van der Waals surface area contributed by atoms with Crippen LogP contribution in [0.1, 0.15) is 18.4 Å². The molecule has 21 heavy (non-hydrogen) atoms. The minimum atomic E-state index is -0.0905. The van der Waals surface area contributed by atoms with E-state index in [9.17, 15) is 5.11 Å². The van der Waals surface area contributed by atoms with Crippen molar-refractivity contribution in [1.29, 1.82) is 0 Å². The normalized spacial score (nSPS) is 28.3. The zero-order valence-electron chi connectivity index (χ0n) is 12.1. The van der Waals surface area contributed by atoms with Gasteiger partial charge in [-0.05, 0) is 55.4 Å². The summed E-state index contributed by atoms with van der Waals surface area (Å²) in [6, 6.07) is 8.07. The summed E-state index contributed by atoms with van der Waals surface area (Å²) >= 11 is 6.10. The number of pyridine rings is 1. The molecule has 0 bridgehead atoms. The first-order chi connectivity index (χ1) is 10.1. The Hall–Kier alpha value is -1.32. The number of hydrogen-bond donors (Lipinski definition) is 1. The molecule has 3 nitrogen and oxygen atoms in total. The molecule has 1 saturated heterocycles. The molecule has 2 heterocycles. The second-order valence-electron chi connectivity index (χ2n) is 6.51. The van der Waals surface area contributed by atoms with Crippen molar-refractivity contribution in [2.24, 2.45) is 11.8 Å². The van der Waals surface area contributed by atoms with Gasteiger partial charge < -0.3 is 10.0 Å². The summed E-state index contributed by atoms with van der Waals surface area (Å²) in [7, 11) is 0. The molecule has 0 amide bonds. The van der Waals surface area contributed by atoms with E-state index in [-0.39, 0.29) is 6.10 Å². The van der Waals surface area contributed by atoms with Gasteiger partial charge in [-0.15, -0.1) is 0 Å². The second-order valence-corrected chi connectivity index (χ2v) is 6.95. The largest absolute Gasteiger partial charge is 0.393 e. The van der Waals surface area contributed by atoms with E-state index in [0.717, 1.165) is 47.7 Å². The number of anilines is 1. The molecule has 4 rings (SSSR count). The predicted octanol–water partition coefficient (Wildman–Crippen LogP) is 3.40. The molecule has 1 aromatic heterocycles. The van der Waals surface area contributed by atoms with Crippen molar-refractivity contribution in [2.75, 3.05) is 18.0 Å². The zero-order chi connectivity index (χ0) is 14.6. The van der Waals surface area contributed by atoms with Gasteiger partial charge in [-0.3, -0.25) is 0 Å². The topological polar surface area (TPSA) is 36.4 Å². The van der Waals surface area contributed by atoms with Gasteiger partial charge in [-0.2, -0.15) is 0 Å². The van der Waals surface area contributed by atoms with Gasteiger partial charge in [0.1, 0.15) is 5.82 Å². The van der Waals surface area contributed by atoms with Crippen LogP contribution in [0, 0.1) is 18.8 Å². The quantitative estimate of drug-likeness (QED) is 0.877. The van der Waals surface area contributed by atoms with E-state index in [2.05, 4.69) is 17.9 Å². The molecule has 0 radical (unpaired) electrons. The Bertz CT molecular complexity index is 688. The molecule has 1 saturated carbocycles. The standard InChI is InChI=1S/C17H19ClN2O/c1-10-4-17(19-16-7-13(18)2-3-15(10)16)20-8-11-5-14(21)6-12(11)9-20/h2-4,7,11-12,14,21H,5-6,8-9H2,1H3/t11-,12+,14?. The number of fused-ring (bicyclic) bond motifs is 2. The highest BCUT2D eigenvalue weighted by Gasteiger charge is 2.40. The molecule has 1 aromatic carbocycles. The summed E-state index contributed by atoms with van der Waals surface area (Å²) in [6.45, 7) is 4.16. The average molecular weight is 303 g/mol. The lowest BCUT2D eigenvalue weighted by Crippen LogP contribution is -2.23. The number of hydrogen-bond acceptors (Lipinski definition) is 3. The summed E-state index contributed by atoms with van der Waals surface area (Å²) in [4.78, 5) is 7.17. The van der Waals surface area contributed by atoms with Crippen molar-refractivity contribution in [3.8, 4) is 0 Å². The van der Waals surface area contributed by atoms with Crippen LogP contribution in [-0.2, 0) is 0 Å². The number of rotatable bonds is 1. The second kappa shape index (κ2) is 4.85. The average Bonchev–Trinajstić information content (AvgIpc) is 2.95. The van der Waals surface area contributed by atoms with Gasteiger partial charge in [0, 0.05) is 23.5 Å². The Labute approximate surface area is 129 Å². The van der Waals surface area contributed by atoms with E-state index in [4.69, 9.17) is 16.6 Å². The molecule has 4 heteroatoms. The fourth-order valence-corrected chi connectivity index (χ4v) is 4.14. The number of benzene rings is 1. The molecule has 1 unspecified atom stereocenters. The lowest BCUT2D eigenvalue weighted by Gasteiger charge is -2.20. The highest BCUT2D eigenvalue weighted by molar-refractivity contribution is 6.31. The first-order valence-electron chi connectivity index (χ1n) is 7.60. The molecule has 110 valence electrons. The third-order valence-corrected chi connectivity index (χ3v) is 5.25. The van der Waals surface area contributed by atoms with E-state index >= 15 is 0 Å². The minimum absolute atomic E-state index is 0.0905. The molecule has 2 fully saturated rings. The summed E-state index contributed by atoms with van der Waals surface area (Å²) in [5.74, 6) is 2.29. The number of aryl methyl sites for hydroxylation is 1. The number of halogens is 1. The number of aromatic nitrogens is 1. The van der Waals surface area contributed by atoms with Crippen molar-refractivity contribution in [3.05, 3.63) is 34.9 Å². The van der Waals surface area contributed by atoms with Crippen LogP contribution in [-0.4, -0.2) is 29.3 Å². The molecule has 3 atom stereocenters. The fraction of sp³-hybridized carbons (Fsp3) is 0.471. The van der Waals surface area contributed by atoms with Crippen molar-refractivity contribution >= 4 is 28.3 Å². The smallest absolute Gasteiger partial charge is 0.129 e. The van der Waals surface area contributed by atoms with Gasteiger partial charge in [0.05, 0.1) is 11.6 Å². The van der Waals surface area contributed by atoms with E-state index in [1.807, 2.05) is 18.2 Å². The Morgan fingerprint density at radius 1 is 1.19 bits per heavy atom. The fourth-order valence-electron chi connectivity index (χ4n) is 3.97. The number of aliphatic hydroxyl groups excluding tert-OH is 1. The van der Waals surface area contributed by atoms with Gasteiger partial charge in [0.2, 0.25) is 0 Å². The lowest BCUT2D eigenvalue weighted by atomic mass is 10.0. The maximum Gasteiger partial charge on any atom is 0.129 e. The minimum Gasteiger partial charge on any atom is -0.393 e. The Kier molecular flexibility index (Phi) is 3.09. The van der Waals surface area contributed by atoms with Gasteiger partial charge in [-0.25, -0.2) is 4.98 Å². The molecule has 2 aliphatic rings. The summed E-state index contributed by atoms with van der Waals surface area (Å²) in [6.07, 6.45) is 1.80. The Morgan fingerprint density at radius 2 is 1.90 bits per heavy atom. The third-order valence-electron chi connectivity index (χ3n) is 5.02. The Morgan fingerprint density at radius 3 is 2.62 bits per heavy atom. The lowest BCUT2D eigenvalue weighted by molar-refractivity contribution is 0.174. The predicted molar refractivity (Wildman–Crippen MR) is 85.9 cm³/mol. The van der Waals surface area contributed by atoms with Crippen LogP contribution < -0.4 is 4.90 Å². The monoisotopic (exact) mass is 302 g/mol. The van der Waals surface area contributed by atoms with Crippen LogP contribution >= 0.6 is 11.6 Å². The summed E-state index contributed by atoms with van der Waals surface area (Å²) in [5.41, 5.74) is 2.21. The molecule has 0 spiro atoms. The van der Waals surface area contributed by atoms with Gasteiger partial charge in [-0.1, -0.05) is 17.7 Å². The van der Waals surface area contributed by atoms with Crippen LogP contribution in [0.15, 0.2) is 24.3 Å². The first-order valence-corrected chi connectivity index (χ1v) is 7.98. The molecule has 1 aliphatic heterocycles. The number of aliphatic hydroxyl groups is 1. The van der Waals surface area contributed by atoms with E-state index in [1.54, 1.807) is 0 Å². The maximum absolute atomic E-state index is 9.76. The summed E-state index contributed by atoms with van der Waals surface area (Å²) < 4.78 is 0. The maximum atomic E-state index is 9.76. The summed E-state index contributed by atoms with van der Waals surface area (Å²) in [5, 5.41) is 11.7. The van der Waals surface area contributed by atoms with Gasteiger partial charge >= 0.3 is 0 Å². The van der Waals surface area contributed by atoms with Crippen LogP contribution in [0.4, 0.5) is 5.82 Å². The number of nitrogens with zero attached hydrogens (tertiary/aromatic N) is 2. The molecule has 1 N–H and O–H groups in total. The van der Waals surface area contributed by atoms with Crippen molar-refractivity contribution in [2.45, 2.75) is 25.9 Å². The molecule has 1 aliphatic carbocycles. The van der Waals surface area contributed by atoms with Crippen LogP contribution in [0.25, 0.3) is 10.9 Å². The van der Waals surface area contributed by atoms with E-state index in [1.165, 1.54) is 5.56 Å². The Balaban J connectivity index is 1.68. The van der Waals surface area contributed by atoms with Gasteiger partial charge in [0.15, 0.2) is 0 Å². The first kappa shape index (κ1) is 13.4. The van der Waals surface area contributed by atoms with Gasteiger partial charge in [0.25, 0.3) is 0 Å². The van der Waals surface area contributed by atoms with E-state index < -0.39 is 0 Å². The third kappa shape index (κ3) is 2.29. The molecular weight excluding hydrogens is 284 g/mol. The van der Waals surface area contributed by atoms with Crippen molar-refractivity contribution in [3.63, 3.8) is 0 Å². The SMILES string of the molecule is Cc1cc(N2C[C@H]3CC(O)C[C@H]3C2)nc2cc(Cl)ccc12. The zero-order valence-corrected chi connectivity index (χ0v) is 12.8. The molecule has 2 aromatic rings. The van der Waals surface area contributed by atoms with Crippen LogP contribution in [0.3, 0.4) is 0 Å². The highest BCUT2D eigenvalue weighted by atomic mass is 35.5.